The van der Waals surface area contributed by atoms with Gasteiger partial charge in [0.1, 0.15) is 0 Å². The largest absolute Gasteiger partial charge is 0.493 e. The van der Waals surface area contributed by atoms with E-state index in [1.54, 1.807) is 31.3 Å². The summed E-state index contributed by atoms with van der Waals surface area (Å²) in [6.45, 7) is 1.61. The minimum absolute atomic E-state index is 0.0514. The van der Waals surface area contributed by atoms with Gasteiger partial charge in [-0.05, 0) is 48.2 Å². The van der Waals surface area contributed by atoms with E-state index in [9.17, 15) is 9.59 Å². The van der Waals surface area contributed by atoms with Crippen LogP contribution >= 0.6 is 0 Å². The predicted octanol–water partition coefficient (Wildman–Crippen LogP) is 5.63. The van der Waals surface area contributed by atoms with Gasteiger partial charge in [0.2, 0.25) is 11.8 Å². The quantitative estimate of drug-likeness (QED) is 0.281. The number of anilines is 1. The molecule has 2 aliphatic rings. The molecular weight excluding hydrogens is 528 g/mol. The van der Waals surface area contributed by atoms with Gasteiger partial charge in [-0.1, -0.05) is 36.4 Å². The third-order valence-corrected chi connectivity index (χ3v) is 9.29. The summed E-state index contributed by atoms with van der Waals surface area (Å²) >= 11 is 0. The number of carbonyl (C=O) groups is 2. The molecule has 0 spiro atoms. The predicted molar refractivity (Wildman–Crippen MR) is 163 cm³/mol. The highest BCUT2D eigenvalue weighted by Gasteiger charge is 2.44. The lowest BCUT2D eigenvalue weighted by molar-refractivity contribution is -0.137. The van der Waals surface area contributed by atoms with Crippen molar-refractivity contribution in [1.82, 2.24) is 14.9 Å². The molecule has 0 unspecified atom stereocenters. The number of hydrogen-bond acceptors (Lipinski definition) is 4. The van der Waals surface area contributed by atoms with Crippen molar-refractivity contribution >= 4 is 39.3 Å². The van der Waals surface area contributed by atoms with Crippen molar-refractivity contribution in [3.8, 4) is 11.5 Å². The van der Waals surface area contributed by atoms with E-state index in [-0.39, 0.29) is 29.6 Å². The fourth-order valence-corrected chi connectivity index (χ4v) is 7.10. The first-order chi connectivity index (χ1) is 20.5. The number of fused-ring (bicyclic) bond motifs is 2. The van der Waals surface area contributed by atoms with Crippen LogP contribution in [-0.4, -0.2) is 60.5 Å². The molecule has 2 aliphatic heterocycles. The first kappa shape index (κ1) is 26.2. The van der Waals surface area contributed by atoms with Gasteiger partial charge in [-0.25, -0.2) is 0 Å². The third-order valence-electron chi connectivity index (χ3n) is 9.29. The van der Waals surface area contributed by atoms with Crippen LogP contribution in [0.3, 0.4) is 0 Å². The molecule has 2 fully saturated rings. The van der Waals surface area contributed by atoms with Crippen molar-refractivity contribution in [1.29, 1.82) is 0 Å². The first-order valence-corrected chi connectivity index (χ1v) is 14.5. The Labute approximate surface area is 244 Å². The summed E-state index contributed by atoms with van der Waals surface area (Å²) in [7, 11) is 3.15. The molecule has 2 aromatic heterocycles. The van der Waals surface area contributed by atoms with Crippen molar-refractivity contribution < 1.29 is 19.1 Å². The zero-order chi connectivity index (χ0) is 28.8. The number of rotatable bonds is 6. The van der Waals surface area contributed by atoms with Crippen LogP contribution in [0.1, 0.15) is 30.4 Å². The molecule has 0 bridgehead atoms. The first-order valence-electron chi connectivity index (χ1n) is 14.5. The number of para-hydroxylation sites is 2. The third kappa shape index (κ3) is 4.12. The van der Waals surface area contributed by atoms with Crippen molar-refractivity contribution in [2.24, 2.45) is 5.92 Å². The van der Waals surface area contributed by atoms with Gasteiger partial charge in [-0.15, -0.1) is 0 Å². The van der Waals surface area contributed by atoms with Gasteiger partial charge in [-0.3, -0.25) is 9.59 Å². The Bertz CT molecular complexity index is 1720. The van der Waals surface area contributed by atoms with E-state index in [1.165, 1.54) is 21.9 Å². The summed E-state index contributed by atoms with van der Waals surface area (Å²) < 4.78 is 10.8. The maximum absolute atomic E-state index is 13.8. The lowest BCUT2D eigenvalue weighted by Gasteiger charge is -2.43. The molecule has 4 heterocycles. The maximum atomic E-state index is 13.8. The molecule has 8 heteroatoms. The Morgan fingerprint density at radius 1 is 0.833 bits per heavy atom. The van der Waals surface area contributed by atoms with E-state index in [0.29, 0.717) is 36.8 Å². The van der Waals surface area contributed by atoms with Gasteiger partial charge in [0, 0.05) is 77.4 Å². The normalized spacial score (nSPS) is 18.6. The van der Waals surface area contributed by atoms with E-state index in [0.717, 1.165) is 23.9 Å². The molecule has 2 saturated heterocycles. The number of aromatic nitrogens is 2. The smallest absolute Gasteiger partial charge is 0.228 e. The number of aromatic amines is 2. The molecular formula is C34H34N4O4. The van der Waals surface area contributed by atoms with Crippen LogP contribution in [0.25, 0.3) is 21.8 Å². The molecule has 1 atom stereocenters. The van der Waals surface area contributed by atoms with Gasteiger partial charge in [0.05, 0.1) is 20.1 Å². The topological polar surface area (TPSA) is 90.7 Å². The SMILES string of the molecule is COc1ccc(N2C[C@H](C(=O)N3CCC(c4c[nH]c5ccccc45)(c4c[nH]c5ccccc45)CC3)CC2=O)cc1OC. The summed E-state index contributed by atoms with van der Waals surface area (Å²) in [5.74, 6) is 0.781. The molecule has 0 radical (unpaired) electrons. The van der Waals surface area contributed by atoms with Crippen LogP contribution in [0.15, 0.2) is 79.1 Å². The highest BCUT2D eigenvalue weighted by molar-refractivity contribution is 6.00. The summed E-state index contributed by atoms with van der Waals surface area (Å²) in [5, 5.41) is 2.43. The number of nitrogens with zero attached hydrogens (tertiary/aromatic N) is 2. The van der Waals surface area contributed by atoms with E-state index < -0.39 is 0 Å². The van der Waals surface area contributed by atoms with Gasteiger partial charge in [0.25, 0.3) is 0 Å². The minimum Gasteiger partial charge on any atom is -0.493 e. The van der Waals surface area contributed by atoms with Crippen LogP contribution in [-0.2, 0) is 15.0 Å². The number of H-pyrrole nitrogens is 2. The Morgan fingerprint density at radius 2 is 1.43 bits per heavy atom. The number of carbonyl (C=O) groups excluding carboxylic acids is 2. The lowest BCUT2D eigenvalue weighted by Crippen LogP contribution is -2.47. The number of benzene rings is 3. The fraction of sp³-hybridized carbons (Fsp3) is 0.294. The average Bonchev–Trinajstić information content (AvgIpc) is 3.77. The van der Waals surface area contributed by atoms with Crippen molar-refractivity contribution in [2.75, 3.05) is 38.8 Å². The standard InChI is InChI=1S/C34H34N4O4/c1-41-30-12-11-23(18-31(30)42-2)38-21-22(17-32(38)39)33(40)37-15-13-34(14-16-37,26-19-35-28-9-5-3-7-24(26)28)27-20-36-29-10-6-4-8-25(27)29/h3-12,18-20,22,35-36H,13-17,21H2,1-2H3/t22-/m1/s1. The summed E-state index contributed by atoms with van der Waals surface area (Å²) in [6, 6.07) is 22.3. The fourth-order valence-electron chi connectivity index (χ4n) is 7.10. The summed E-state index contributed by atoms with van der Waals surface area (Å²) in [4.78, 5) is 37.6. The Morgan fingerprint density at radius 3 is 2.02 bits per heavy atom. The molecule has 3 aromatic carbocycles. The van der Waals surface area contributed by atoms with Crippen molar-refractivity contribution in [3.63, 3.8) is 0 Å². The molecule has 2 N–H and O–H groups in total. The van der Waals surface area contributed by atoms with Gasteiger partial charge >= 0.3 is 0 Å². The molecule has 0 saturated carbocycles. The molecule has 0 aliphatic carbocycles. The van der Waals surface area contributed by atoms with Crippen molar-refractivity contribution in [2.45, 2.75) is 24.7 Å². The number of ether oxygens (including phenoxy) is 2. The lowest BCUT2D eigenvalue weighted by atomic mass is 9.67. The highest BCUT2D eigenvalue weighted by Crippen LogP contribution is 2.47. The van der Waals surface area contributed by atoms with Crippen molar-refractivity contribution in [3.05, 3.63) is 90.3 Å². The number of amides is 2. The Kier molecular flexibility index (Phi) is 6.41. The summed E-state index contributed by atoms with van der Waals surface area (Å²) in [5.41, 5.74) is 5.23. The van der Waals surface area contributed by atoms with E-state index in [4.69, 9.17) is 9.47 Å². The number of piperidine rings is 1. The molecule has 7 rings (SSSR count). The second kappa shape index (κ2) is 10.3. The number of likely N-dealkylation sites (tertiary alicyclic amines) is 1. The van der Waals surface area contributed by atoms with Gasteiger partial charge in [-0.2, -0.15) is 0 Å². The Balaban J connectivity index is 1.15. The van der Waals surface area contributed by atoms with E-state index >= 15 is 0 Å². The van der Waals surface area contributed by atoms with Crippen LogP contribution in [0.4, 0.5) is 5.69 Å². The van der Waals surface area contributed by atoms with Gasteiger partial charge < -0.3 is 29.2 Å². The monoisotopic (exact) mass is 562 g/mol. The number of methoxy groups -OCH3 is 2. The second-order valence-corrected chi connectivity index (χ2v) is 11.3. The van der Waals surface area contributed by atoms with E-state index in [1.807, 2.05) is 11.0 Å². The van der Waals surface area contributed by atoms with Crippen LogP contribution in [0.2, 0.25) is 0 Å². The van der Waals surface area contributed by atoms with Crippen LogP contribution in [0, 0.1) is 5.92 Å². The summed E-state index contributed by atoms with van der Waals surface area (Å²) in [6.07, 6.45) is 6.10. The highest BCUT2D eigenvalue weighted by atomic mass is 16.5. The van der Waals surface area contributed by atoms with Crippen LogP contribution < -0.4 is 14.4 Å². The van der Waals surface area contributed by atoms with Gasteiger partial charge in [0.15, 0.2) is 11.5 Å². The molecule has 214 valence electrons. The molecule has 42 heavy (non-hydrogen) atoms. The zero-order valence-electron chi connectivity index (χ0n) is 23.9. The second-order valence-electron chi connectivity index (χ2n) is 11.3. The number of hydrogen-bond donors (Lipinski definition) is 2. The Hall–Kier alpha value is -4.72. The maximum Gasteiger partial charge on any atom is 0.228 e. The minimum atomic E-state index is -0.376. The van der Waals surface area contributed by atoms with Crippen LogP contribution in [0.5, 0.6) is 11.5 Å². The number of nitrogens with one attached hydrogen (secondary N) is 2. The molecule has 2 amide bonds. The molecule has 8 nitrogen and oxygen atoms in total. The zero-order valence-corrected chi connectivity index (χ0v) is 23.9. The van der Waals surface area contributed by atoms with E-state index in [2.05, 4.69) is 70.9 Å². The molecule has 5 aromatic rings. The average molecular weight is 563 g/mol.